The molecule has 0 aliphatic heterocycles. The maximum absolute atomic E-state index is 5.55. The molecular weight excluding hydrogens is 340 g/mol. The smallest absolute Gasteiger partial charge is 0.189 e. The van der Waals surface area contributed by atoms with E-state index < -0.39 is 0 Å². The number of ether oxygens (including phenoxy) is 4. The van der Waals surface area contributed by atoms with Crippen molar-refractivity contribution in [1.29, 1.82) is 0 Å². The Morgan fingerprint density at radius 1 is 0.741 bits per heavy atom. The third kappa shape index (κ3) is 6.93. The van der Waals surface area contributed by atoms with Gasteiger partial charge in [0.1, 0.15) is 11.5 Å². The first kappa shape index (κ1) is 20.7. The van der Waals surface area contributed by atoms with Crippen molar-refractivity contribution < 1.29 is 18.9 Å². The monoisotopic (exact) mass is 368 g/mol. The molecule has 0 amide bonds. The molecule has 4 heteroatoms. The van der Waals surface area contributed by atoms with Crippen LogP contribution in [-0.4, -0.2) is 26.8 Å². The molecule has 0 radical (unpaired) electrons. The van der Waals surface area contributed by atoms with Crippen LogP contribution in [0.4, 0.5) is 0 Å². The topological polar surface area (TPSA) is 36.9 Å². The Morgan fingerprint density at radius 2 is 1.15 bits per heavy atom. The van der Waals surface area contributed by atoms with E-state index in [2.05, 4.69) is 44.3 Å². The summed E-state index contributed by atoms with van der Waals surface area (Å²) in [6.45, 7) is 10.8. The van der Waals surface area contributed by atoms with Gasteiger partial charge >= 0.3 is 0 Å². The van der Waals surface area contributed by atoms with Crippen molar-refractivity contribution in [2.45, 2.75) is 19.3 Å². The van der Waals surface area contributed by atoms with Crippen molar-refractivity contribution in [2.75, 3.05) is 26.8 Å². The van der Waals surface area contributed by atoms with Crippen LogP contribution in [0.5, 0.6) is 11.5 Å². The summed E-state index contributed by atoms with van der Waals surface area (Å²) in [5, 5.41) is 0. The average Bonchev–Trinajstić information content (AvgIpc) is 2.71. The van der Waals surface area contributed by atoms with Crippen LogP contribution in [0.25, 0.3) is 0 Å². The Labute approximate surface area is 162 Å². The van der Waals surface area contributed by atoms with Crippen LogP contribution >= 0.6 is 0 Å². The Morgan fingerprint density at radius 3 is 1.48 bits per heavy atom. The zero-order valence-corrected chi connectivity index (χ0v) is 15.9. The first-order valence-electron chi connectivity index (χ1n) is 9.11. The van der Waals surface area contributed by atoms with Gasteiger partial charge in [-0.25, -0.2) is 0 Å². The molecule has 27 heavy (non-hydrogen) atoms. The molecule has 0 bridgehead atoms. The molecule has 2 rings (SSSR count). The van der Waals surface area contributed by atoms with Crippen LogP contribution in [-0.2, 0) is 9.47 Å². The predicted molar refractivity (Wildman–Crippen MR) is 108 cm³/mol. The molecular formula is C23H28O4. The first-order valence-corrected chi connectivity index (χ1v) is 9.11. The van der Waals surface area contributed by atoms with E-state index in [1.54, 1.807) is 12.2 Å². The summed E-state index contributed by atoms with van der Waals surface area (Å²) >= 11 is 0. The highest BCUT2D eigenvalue weighted by atomic mass is 16.7. The normalized spacial score (nSPS) is 10.6. The number of benzene rings is 2. The van der Waals surface area contributed by atoms with Gasteiger partial charge in [0.25, 0.3) is 0 Å². The first-order chi connectivity index (χ1) is 13.3. The van der Waals surface area contributed by atoms with E-state index in [0.717, 1.165) is 17.9 Å². The quantitative estimate of drug-likeness (QED) is 0.273. The maximum Gasteiger partial charge on any atom is 0.189 e. The summed E-state index contributed by atoms with van der Waals surface area (Å²) < 4.78 is 21.6. The van der Waals surface area contributed by atoms with E-state index in [4.69, 9.17) is 18.9 Å². The number of rotatable bonds is 13. The van der Waals surface area contributed by atoms with Gasteiger partial charge in [-0.05, 0) is 41.8 Å². The van der Waals surface area contributed by atoms with E-state index in [-0.39, 0.29) is 13.6 Å². The molecule has 0 heterocycles. The van der Waals surface area contributed by atoms with Crippen molar-refractivity contribution in [2.24, 2.45) is 0 Å². The second-order valence-corrected chi connectivity index (χ2v) is 5.94. The number of hydrogen-bond acceptors (Lipinski definition) is 4. The second-order valence-electron chi connectivity index (χ2n) is 5.94. The van der Waals surface area contributed by atoms with Crippen molar-refractivity contribution in [3.05, 3.63) is 85.0 Å². The lowest BCUT2D eigenvalue weighted by Gasteiger charge is -2.17. The molecule has 0 fully saturated rings. The average molecular weight is 368 g/mol. The van der Waals surface area contributed by atoms with Gasteiger partial charge < -0.3 is 18.9 Å². The van der Waals surface area contributed by atoms with Crippen molar-refractivity contribution in [3.8, 4) is 11.5 Å². The Balaban J connectivity index is 1.94. The zero-order valence-electron chi connectivity index (χ0n) is 15.9. The fourth-order valence-electron chi connectivity index (χ4n) is 2.74. The minimum absolute atomic E-state index is 0.223. The summed E-state index contributed by atoms with van der Waals surface area (Å²) in [4.78, 5) is 0. The van der Waals surface area contributed by atoms with Crippen molar-refractivity contribution >= 4 is 0 Å². The fourth-order valence-corrected chi connectivity index (χ4v) is 2.74. The lowest BCUT2D eigenvalue weighted by atomic mass is 9.89. The van der Waals surface area contributed by atoms with Crippen molar-refractivity contribution in [1.82, 2.24) is 0 Å². The van der Waals surface area contributed by atoms with Gasteiger partial charge in [-0.15, -0.1) is 13.2 Å². The molecule has 0 spiro atoms. The molecule has 0 atom stereocenters. The highest BCUT2D eigenvalue weighted by Crippen LogP contribution is 2.30. The maximum atomic E-state index is 5.55. The lowest BCUT2D eigenvalue weighted by Crippen LogP contribution is -2.04. The van der Waals surface area contributed by atoms with E-state index in [9.17, 15) is 0 Å². The largest absolute Gasteiger partial charge is 0.468 e. The van der Waals surface area contributed by atoms with E-state index in [1.807, 2.05) is 24.3 Å². The highest BCUT2D eigenvalue weighted by molar-refractivity contribution is 5.38. The van der Waals surface area contributed by atoms with Gasteiger partial charge in [-0.1, -0.05) is 43.3 Å². The van der Waals surface area contributed by atoms with Gasteiger partial charge in [-0.2, -0.15) is 0 Å². The van der Waals surface area contributed by atoms with Gasteiger partial charge in [0.15, 0.2) is 13.6 Å². The minimum atomic E-state index is 0.223. The van der Waals surface area contributed by atoms with Crippen LogP contribution in [0, 0.1) is 0 Å². The summed E-state index contributed by atoms with van der Waals surface area (Å²) in [7, 11) is 0. The minimum Gasteiger partial charge on any atom is -0.468 e. The summed E-state index contributed by atoms with van der Waals surface area (Å²) in [5.74, 6) is 1.91. The van der Waals surface area contributed by atoms with Gasteiger partial charge in [-0.3, -0.25) is 0 Å². The van der Waals surface area contributed by atoms with Crippen LogP contribution in [0.2, 0.25) is 0 Å². The van der Waals surface area contributed by atoms with Crippen LogP contribution in [0.1, 0.15) is 30.4 Å². The van der Waals surface area contributed by atoms with Crippen molar-refractivity contribution in [3.63, 3.8) is 0 Å². The molecule has 0 saturated carbocycles. The van der Waals surface area contributed by atoms with E-state index in [1.165, 1.54) is 11.1 Å². The van der Waals surface area contributed by atoms with Gasteiger partial charge in [0.2, 0.25) is 0 Å². The van der Waals surface area contributed by atoms with Crippen LogP contribution < -0.4 is 9.47 Å². The molecule has 0 N–H and O–H groups in total. The Kier molecular flexibility index (Phi) is 9.18. The Hall–Kier alpha value is -2.56. The molecule has 0 aliphatic rings. The molecule has 4 nitrogen and oxygen atoms in total. The zero-order chi connectivity index (χ0) is 19.3. The molecule has 0 aromatic heterocycles. The summed E-state index contributed by atoms with van der Waals surface area (Å²) in [5.41, 5.74) is 2.50. The predicted octanol–water partition coefficient (Wildman–Crippen LogP) is 5.31. The summed E-state index contributed by atoms with van der Waals surface area (Å²) in [6, 6.07) is 16.3. The molecule has 0 saturated heterocycles. The van der Waals surface area contributed by atoms with Crippen LogP contribution in [0.3, 0.4) is 0 Å². The van der Waals surface area contributed by atoms with Gasteiger partial charge in [0, 0.05) is 5.92 Å². The van der Waals surface area contributed by atoms with E-state index in [0.29, 0.717) is 19.1 Å². The molecule has 144 valence electrons. The standard InChI is InChI=1S/C23H28O4/c1-4-15-24-17-26-21-11-7-19(8-12-21)23(6-3)20-9-13-22(14-10-20)27-18-25-16-5-2/h4-5,7-14,23H,1-2,6,15-18H2,3H3. The summed E-state index contributed by atoms with van der Waals surface area (Å²) in [6.07, 6.45) is 4.40. The van der Waals surface area contributed by atoms with Crippen LogP contribution in [0.15, 0.2) is 73.8 Å². The SMILES string of the molecule is C=CCOCOc1ccc(C(CC)c2ccc(OCOCC=C)cc2)cc1. The Bertz CT molecular complexity index is 617. The molecule has 2 aromatic carbocycles. The third-order valence-electron chi connectivity index (χ3n) is 4.06. The van der Waals surface area contributed by atoms with Gasteiger partial charge in [0.05, 0.1) is 13.2 Å². The lowest BCUT2D eigenvalue weighted by molar-refractivity contribution is 0.0305. The highest BCUT2D eigenvalue weighted by Gasteiger charge is 2.12. The molecule has 0 aliphatic carbocycles. The fraction of sp³-hybridized carbons (Fsp3) is 0.304. The molecule has 2 aromatic rings. The van der Waals surface area contributed by atoms with E-state index >= 15 is 0 Å². The molecule has 0 unspecified atom stereocenters. The number of hydrogen-bond donors (Lipinski definition) is 0. The third-order valence-corrected chi connectivity index (χ3v) is 4.06. The second kappa shape index (κ2) is 11.9.